The van der Waals surface area contributed by atoms with E-state index in [9.17, 15) is 19.5 Å². The van der Waals surface area contributed by atoms with Crippen LogP contribution in [0.25, 0.3) is 0 Å². The van der Waals surface area contributed by atoms with Crippen LogP contribution in [-0.2, 0) is 16.6 Å². The molecule has 2 rings (SSSR count). The predicted molar refractivity (Wildman–Crippen MR) is 70.8 cm³/mol. The Balaban J connectivity index is 2.23. The van der Waals surface area contributed by atoms with Crippen molar-refractivity contribution in [3.63, 3.8) is 0 Å². The van der Waals surface area contributed by atoms with Crippen molar-refractivity contribution in [3.8, 4) is 0 Å². The second-order valence-corrected chi connectivity index (χ2v) is 5.35. The van der Waals surface area contributed by atoms with Gasteiger partial charge in [0, 0.05) is 31.8 Å². The number of aliphatic carboxylic acids is 2. The highest BCUT2D eigenvalue weighted by Crippen LogP contribution is 2.28. The van der Waals surface area contributed by atoms with Crippen LogP contribution in [0, 0.1) is 12.8 Å². The second-order valence-electron chi connectivity index (χ2n) is 5.35. The Kier molecular flexibility index (Phi) is 3.97. The molecule has 1 amide bonds. The van der Waals surface area contributed by atoms with Crippen LogP contribution in [0.3, 0.4) is 0 Å². The molecule has 1 aromatic heterocycles. The van der Waals surface area contributed by atoms with Crippen LogP contribution in [-0.4, -0.2) is 55.3 Å². The maximum absolute atomic E-state index is 12.5. The third kappa shape index (κ3) is 3.04. The average molecular weight is 295 g/mol. The van der Waals surface area contributed by atoms with Crippen LogP contribution in [0.2, 0.25) is 0 Å². The number of nitrogens with zero attached hydrogens (tertiary/aromatic N) is 3. The molecule has 0 saturated carbocycles. The number of aryl methyl sites for hydroxylation is 2. The molecular weight excluding hydrogens is 278 g/mol. The van der Waals surface area contributed by atoms with Gasteiger partial charge in [-0.15, -0.1) is 0 Å². The van der Waals surface area contributed by atoms with E-state index in [2.05, 4.69) is 5.10 Å². The average Bonchev–Trinajstić information content (AvgIpc) is 2.91. The normalized spacial score (nSPS) is 21.5. The fourth-order valence-corrected chi connectivity index (χ4v) is 2.73. The molecule has 1 aliphatic rings. The summed E-state index contributed by atoms with van der Waals surface area (Å²) >= 11 is 0. The first-order chi connectivity index (χ1) is 9.79. The molecule has 1 aromatic rings. The van der Waals surface area contributed by atoms with Gasteiger partial charge < -0.3 is 15.1 Å². The summed E-state index contributed by atoms with van der Waals surface area (Å²) in [7, 11) is 1.68. The largest absolute Gasteiger partial charge is 0.481 e. The van der Waals surface area contributed by atoms with Crippen molar-refractivity contribution in [2.24, 2.45) is 13.0 Å². The van der Waals surface area contributed by atoms with E-state index in [1.54, 1.807) is 20.2 Å². The van der Waals surface area contributed by atoms with Gasteiger partial charge in [0.25, 0.3) is 5.91 Å². The number of carboxylic acid groups (broad SMARTS) is 2. The zero-order chi connectivity index (χ0) is 15.7. The number of amides is 1. The third-order valence-corrected chi connectivity index (χ3v) is 3.61. The molecule has 1 aliphatic heterocycles. The molecule has 0 aromatic carbocycles. The first kappa shape index (κ1) is 15.0. The van der Waals surface area contributed by atoms with Gasteiger partial charge in [-0.2, -0.15) is 5.10 Å². The summed E-state index contributed by atoms with van der Waals surface area (Å²) in [4.78, 5) is 35.8. The molecule has 1 saturated heterocycles. The van der Waals surface area contributed by atoms with Crippen LogP contribution in [0.5, 0.6) is 0 Å². The summed E-state index contributed by atoms with van der Waals surface area (Å²) in [5, 5.41) is 22.1. The van der Waals surface area contributed by atoms with Crippen molar-refractivity contribution in [3.05, 3.63) is 17.5 Å². The Morgan fingerprint density at radius 2 is 2.05 bits per heavy atom. The van der Waals surface area contributed by atoms with Gasteiger partial charge in [0.1, 0.15) is 6.04 Å². The highest BCUT2D eigenvalue weighted by atomic mass is 16.4. The van der Waals surface area contributed by atoms with Crippen LogP contribution >= 0.6 is 0 Å². The first-order valence-corrected chi connectivity index (χ1v) is 6.55. The fraction of sp³-hybridized carbons (Fsp3) is 0.538. The van der Waals surface area contributed by atoms with E-state index in [1.807, 2.05) is 0 Å². The lowest BCUT2D eigenvalue weighted by atomic mass is 10.0. The van der Waals surface area contributed by atoms with Gasteiger partial charge in [0.2, 0.25) is 0 Å². The van der Waals surface area contributed by atoms with Gasteiger partial charge in [0.05, 0.1) is 0 Å². The standard InChI is InChI=1S/C13H17N3O5/c1-7-5-15(2)14-11(7)12(19)16-6-8(4-10(17)18)3-9(16)13(20)21/h5,8-9H,3-4,6H2,1-2H3,(H,17,18)(H,20,21)/t8-,9+/m1/s1. The number of carboxylic acids is 2. The number of carbonyl (C=O) groups excluding carboxylic acids is 1. The summed E-state index contributed by atoms with van der Waals surface area (Å²) in [6, 6.07) is -0.997. The van der Waals surface area contributed by atoms with Crippen molar-refractivity contribution in [2.45, 2.75) is 25.8 Å². The highest BCUT2D eigenvalue weighted by molar-refractivity contribution is 5.96. The molecule has 8 heteroatoms. The van der Waals surface area contributed by atoms with Gasteiger partial charge in [-0.25, -0.2) is 4.79 Å². The highest BCUT2D eigenvalue weighted by Gasteiger charge is 2.41. The monoisotopic (exact) mass is 295 g/mol. The van der Waals surface area contributed by atoms with Crippen LogP contribution in [0.4, 0.5) is 0 Å². The fourth-order valence-electron chi connectivity index (χ4n) is 2.73. The van der Waals surface area contributed by atoms with Gasteiger partial charge >= 0.3 is 11.9 Å². The number of hydrogen-bond donors (Lipinski definition) is 2. The zero-order valence-corrected chi connectivity index (χ0v) is 11.8. The van der Waals surface area contributed by atoms with Crippen molar-refractivity contribution in [2.75, 3.05) is 6.54 Å². The van der Waals surface area contributed by atoms with Gasteiger partial charge in [-0.05, 0) is 19.3 Å². The molecule has 114 valence electrons. The molecule has 0 bridgehead atoms. The molecule has 0 spiro atoms. The third-order valence-electron chi connectivity index (χ3n) is 3.61. The molecule has 1 fully saturated rings. The summed E-state index contributed by atoms with van der Waals surface area (Å²) in [5.41, 5.74) is 0.869. The zero-order valence-electron chi connectivity index (χ0n) is 11.8. The Morgan fingerprint density at radius 1 is 1.38 bits per heavy atom. The van der Waals surface area contributed by atoms with E-state index < -0.39 is 23.9 Å². The van der Waals surface area contributed by atoms with Crippen molar-refractivity contribution in [1.29, 1.82) is 0 Å². The van der Waals surface area contributed by atoms with E-state index in [-0.39, 0.29) is 31.0 Å². The Labute approximate surface area is 121 Å². The molecule has 0 aliphatic carbocycles. The number of likely N-dealkylation sites (tertiary alicyclic amines) is 1. The van der Waals surface area contributed by atoms with Gasteiger partial charge in [-0.1, -0.05) is 0 Å². The number of hydrogen-bond acceptors (Lipinski definition) is 4. The maximum atomic E-state index is 12.5. The summed E-state index contributed by atoms with van der Waals surface area (Å²) in [5.74, 6) is -2.93. The number of rotatable bonds is 4. The molecule has 21 heavy (non-hydrogen) atoms. The van der Waals surface area contributed by atoms with E-state index in [4.69, 9.17) is 5.11 Å². The van der Waals surface area contributed by atoms with Gasteiger partial charge in [-0.3, -0.25) is 14.3 Å². The Morgan fingerprint density at radius 3 is 2.52 bits per heavy atom. The van der Waals surface area contributed by atoms with Gasteiger partial charge in [0.15, 0.2) is 5.69 Å². The lowest BCUT2D eigenvalue weighted by molar-refractivity contribution is -0.142. The minimum atomic E-state index is -1.12. The van der Waals surface area contributed by atoms with E-state index in [1.165, 1.54) is 9.58 Å². The predicted octanol–water partition coefficient (Wildman–Crippen LogP) is 0.119. The molecule has 2 N–H and O–H groups in total. The maximum Gasteiger partial charge on any atom is 0.326 e. The summed E-state index contributed by atoms with van der Waals surface area (Å²) < 4.78 is 1.49. The second kappa shape index (κ2) is 5.55. The first-order valence-electron chi connectivity index (χ1n) is 6.55. The van der Waals surface area contributed by atoms with Crippen LogP contribution in [0.1, 0.15) is 28.9 Å². The van der Waals surface area contributed by atoms with Crippen LogP contribution in [0.15, 0.2) is 6.20 Å². The van der Waals surface area contributed by atoms with Crippen LogP contribution < -0.4 is 0 Å². The molecular formula is C13H17N3O5. The van der Waals surface area contributed by atoms with Crippen molar-refractivity contribution < 1.29 is 24.6 Å². The van der Waals surface area contributed by atoms with E-state index in [0.717, 1.165) is 0 Å². The molecule has 0 unspecified atom stereocenters. The lowest BCUT2D eigenvalue weighted by Gasteiger charge is -2.20. The Hall–Kier alpha value is -2.38. The topological polar surface area (TPSA) is 113 Å². The lowest BCUT2D eigenvalue weighted by Crippen LogP contribution is -2.41. The smallest absolute Gasteiger partial charge is 0.326 e. The van der Waals surface area contributed by atoms with Crippen molar-refractivity contribution >= 4 is 17.8 Å². The minimum Gasteiger partial charge on any atom is -0.481 e. The SMILES string of the molecule is Cc1cn(C)nc1C(=O)N1C[C@@H](CC(=O)O)C[C@H]1C(=O)O. The van der Waals surface area contributed by atoms with E-state index in [0.29, 0.717) is 5.56 Å². The number of carbonyl (C=O) groups is 3. The number of aromatic nitrogens is 2. The summed E-state index contributed by atoms with van der Waals surface area (Å²) in [6.07, 6.45) is 1.68. The Bertz CT molecular complexity index is 595. The minimum absolute atomic E-state index is 0.123. The molecule has 0 radical (unpaired) electrons. The molecule has 2 atom stereocenters. The van der Waals surface area contributed by atoms with Crippen molar-refractivity contribution in [1.82, 2.24) is 14.7 Å². The quantitative estimate of drug-likeness (QED) is 0.815. The summed E-state index contributed by atoms with van der Waals surface area (Å²) in [6.45, 7) is 1.85. The molecule has 8 nitrogen and oxygen atoms in total. The van der Waals surface area contributed by atoms with E-state index >= 15 is 0 Å². The molecule has 2 heterocycles.